The Hall–Kier alpha value is -2.15. The number of hydrogen-bond acceptors (Lipinski definition) is 6. The normalized spacial score (nSPS) is 29.5. The number of thiophene rings is 1. The Balaban J connectivity index is 1.62. The Bertz CT molecular complexity index is 873. The van der Waals surface area contributed by atoms with Crippen molar-refractivity contribution in [3.8, 4) is 0 Å². The van der Waals surface area contributed by atoms with Crippen LogP contribution in [0.25, 0.3) is 0 Å². The molecule has 1 aromatic rings. The average molecular weight is 417 g/mol. The maximum Gasteiger partial charge on any atom is 0.341 e. The summed E-state index contributed by atoms with van der Waals surface area (Å²) in [6, 6.07) is 0. The molecule has 0 unspecified atom stereocenters. The van der Waals surface area contributed by atoms with Gasteiger partial charge in [0.05, 0.1) is 18.1 Å². The molecule has 1 aromatic heterocycles. The summed E-state index contributed by atoms with van der Waals surface area (Å²) in [5.41, 5.74) is 1.44. The summed E-state index contributed by atoms with van der Waals surface area (Å²) in [6.45, 7) is 4.45. The number of esters is 1. The fraction of sp³-hybridized carbons (Fsp3) is 0.591. The van der Waals surface area contributed by atoms with Crippen molar-refractivity contribution >= 4 is 34.2 Å². The molecular weight excluding hydrogens is 390 g/mol. The Morgan fingerprint density at radius 3 is 2.66 bits per heavy atom. The van der Waals surface area contributed by atoms with Gasteiger partial charge in [0.2, 0.25) is 5.91 Å². The van der Waals surface area contributed by atoms with Gasteiger partial charge in [0.15, 0.2) is 0 Å². The quantitative estimate of drug-likeness (QED) is 0.568. The van der Waals surface area contributed by atoms with Crippen LogP contribution < -0.4 is 10.4 Å². The number of carbonyl (C=O) groups is 3. The van der Waals surface area contributed by atoms with Crippen LogP contribution >= 0.6 is 11.3 Å². The van der Waals surface area contributed by atoms with Gasteiger partial charge in [-0.1, -0.05) is 26.0 Å². The number of hydrogen-bond donors (Lipinski definition) is 1. The fourth-order valence-corrected chi connectivity index (χ4v) is 6.42. The summed E-state index contributed by atoms with van der Waals surface area (Å²) in [4.78, 5) is 38.6. The smallest absolute Gasteiger partial charge is 0.341 e. The van der Waals surface area contributed by atoms with E-state index in [-0.39, 0.29) is 17.7 Å². The fourth-order valence-electron chi connectivity index (χ4n) is 5.02. The zero-order valence-corrected chi connectivity index (χ0v) is 17.6. The van der Waals surface area contributed by atoms with Crippen LogP contribution in [0.1, 0.15) is 53.9 Å². The maximum absolute atomic E-state index is 13.1. The second kappa shape index (κ2) is 7.94. The van der Waals surface area contributed by atoms with Crippen LogP contribution in [0.4, 0.5) is 5.00 Å². The van der Waals surface area contributed by atoms with Crippen molar-refractivity contribution in [1.82, 2.24) is 0 Å². The molecule has 7 heteroatoms. The van der Waals surface area contributed by atoms with E-state index in [9.17, 15) is 19.5 Å². The number of carbonyl (C=O) groups excluding carboxylic acids is 3. The third-order valence-corrected chi connectivity index (χ3v) is 7.59. The van der Waals surface area contributed by atoms with Crippen LogP contribution in [-0.4, -0.2) is 24.5 Å². The van der Waals surface area contributed by atoms with Crippen molar-refractivity contribution in [1.29, 1.82) is 0 Å². The van der Waals surface area contributed by atoms with Crippen LogP contribution in [-0.2, 0) is 27.2 Å². The number of aliphatic carboxylic acids is 1. The number of fused-ring (bicyclic) bond motifs is 3. The van der Waals surface area contributed by atoms with Crippen LogP contribution in [0, 0.1) is 29.6 Å². The molecule has 2 bridgehead atoms. The number of anilines is 1. The highest BCUT2D eigenvalue weighted by atomic mass is 32.1. The standard InChI is InChI=1S/C22H27NO5S/c1-3-8-28-22(27)18-14-7-4-11(2)9-15(14)29-20(18)23-19(24)16-12-5-6-13(10-12)17(16)21(25)26/h5-6,11-13,16-17H,3-4,7-10H2,1-2H3,(H,23,24)(H,25,26)/p-1/t11-,12-,13-,16+,17+/m1/s1. The van der Waals surface area contributed by atoms with E-state index in [2.05, 4.69) is 12.2 Å². The summed E-state index contributed by atoms with van der Waals surface area (Å²) >= 11 is 1.43. The van der Waals surface area contributed by atoms with Gasteiger partial charge >= 0.3 is 5.97 Å². The highest BCUT2D eigenvalue weighted by Crippen LogP contribution is 2.49. The first-order valence-electron chi connectivity index (χ1n) is 10.4. The van der Waals surface area contributed by atoms with Crippen molar-refractivity contribution in [2.45, 2.75) is 46.0 Å². The van der Waals surface area contributed by atoms with Gasteiger partial charge in [-0.15, -0.1) is 11.3 Å². The largest absolute Gasteiger partial charge is 0.550 e. The number of allylic oxidation sites excluding steroid dienone is 2. The lowest BCUT2D eigenvalue weighted by atomic mass is 9.82. The highest BCUT2D eigenvalue weighted by molar-refractivity contribution is 7.17. The first kappa shape index (κ1) is 20.1. The molecule has 29 heavy (non-hydrogen) atoms. The number of amides is 1. The maximum atomic E-state index is 13.1. The van der Waals surface area contributed by atoms with Gasteiger partial charge in [0.1, 0.15) is 5.00 Å². The molecule has 0 aliphatic heterocycles. The molecular formula is C22H26NO5S-. The monoisotopic (exact) mass is 416 g/mol. The lowest BCUT2D eigenvalue weighted by Gasteiger charge is -2.27. The number of carboxylic acids is 1. The summed E-state index contributed by atoms with van der Waals surface area (Å²) < 4.78 is 5.39. The summed E-state index contributed by atoms with van der Waals surface area (Å²) in [7, 11) is 0. The van der Waals surface area contributed by atoms with Crippen molar-refractivity contribution in [3.63, 3.8) is 0 Å². The van der Waals surface area contributed by atoms with E-state index >= 15 is 0 Å². The first-order valence-corrected chi connectivity index (χ1v) is 11.2. The minimum atomic E-state index is -1.18. The summed E-state index contributed by atoms with van der Waals surface area (Å²) in [5, 5.41) is 15.1. The molecule has 4 rings (SSSR count). The van der Waals surface area contributed by atoms with Crippen molar-refractivity contribution in [3.05, 3.63) is 28.2 Å². The number of ether oxygens (including phenoxy) is 1. The molecule has 5 atom stereocenters. The van der Waals surface area contributed by atoms with E-state index in [0.717, 1.165) is 36.1 Å². The molecule has 156 valence electrons. The van der Waals surface area contributed by atoms with E-state index in [1.165, 1.54) is 11.3 Å². The van der Waals surface area contributed by atoms with Gasteiger partial charge in [-0.3, -0.25) is 4.79 Å². The van der Waals surface area contributed by atoms with Crippen molar-refractivity contribution in [2.75, 3.05) is 11.9 Å². The van der Waals surface area contributed by atoms with Crippen molar-refractivity contribution in [2.24, 2.45) is 29.6 Å². The lowest BCUT2D eigenvalue weighted by molar-refractivity contribution is -0.313. The van der Waals surface area contributed by atoms with Crippen LogP contribution in [0.5, 0.6) is 0 Å². The number of rotatable bonds is 6. The Morgan fingerprint density at radius 2 is 1.97 bits per heavy atom. The minimum absolute atomic E-state index is 0.0898. The number of carboxylic acid groups (broad SMARTS) is 1. The van der Waals surface area contributed by atoms with Gasteiger partial charge in [0, 0.05) is 16.8 Å². The molecule has 0 saturated heterocycles. The van der Waals surface area contributed by atoms with E-state index in [0.29, 0.717) is 29.5 Å². The topological polar surface area (TPSA) is 95.5 Å². The lowest BCUT2D eigenvalue weighted by Crippen LogP contribution is -2.42. The molecule has 3 aliphatic rings. The van der Waals surface area contributed by atoms with Gasteiger partial charge in [-0.05, 0) is 55.4 Å². The summed E-state index contributed by atoms with van der Waals surface area (Å²) in [6.07, 6.45) is 7.87. The molecule has 1 saturated carbocycles. The van der Waals surface area contributed by atoms with Crippen LogP contribution in [0.15, 0.2) is 12.2 Å². The van der Waals surface area contributed by atoms with E-state index < -0.39 is 23.8 Å². The molecule has 3 aliphatic carbocycles. The first-order chi connectivity index (χ1) is 13.9. The SMILES string of the molecule is CCCOC(=O)c1c(NC(=O)[C@@H]2[C@@H](C(=O)[O-])[C@@H]3C=C[C@@H]2C3)sc2c1CC[C@@H](C)C2. The van der Waals surface area contributed by atoms with E-state index in [1.807, 2.05) is 19.1 Å². The average Bonchev–Trinajstić information content (AvgIpc) is 3.37. The molecule has 1 fully saturated rings. The third-order valence-electron chi connectivity index (χ3n) is 6.42. The molecule has 6 nitrogen and oxygen atoms in total. The van der Waals surface area contributed by atoms with Crippen molar-refractivity contribution < 1.29 is 24.2 Å². The molecule has 1 N–H and O–H groups in total. The summed E-state index contributed by atoms with van der Waals surface area (Å²) in [5.74, 6) is -3.10. The van der Waals surface area contributed by atoms with Gasteiger partial charge in [-0.25, -0.2) is 4.79 Å². The second-order valence-corrected chi connectivity index (χ2v) is 9.61. The van der Waals surface area contributed by atoms with E-state index in [4.69, 9.17) is 4.74 Å². The van der Waals surface area contributed by atoms with Gasteiger partial charge in [-0.2, -0.15) is 0 Å². The molecule has 0 aromatic carbocycles. The van der Waals surface area contributed by atoms with Gasteiger partial charge in [0.25, 0.3) is 0 Å². The van der Waals surface area contributed by atoms with Gasteiger partial charge < -0.3 is 20.0 Å². The highest BCUT2D eigenvalue weighted by Gasteiger charge is 2.49. The van der Waals surface area contributed by atoms with Crippen LogP contribution in [0.2, 0.25) is 0 Å². The number of nitrogens with one attached hydrogen (secondary N) is 1. The Kier molecular flexibility index (Phi) is 5.51. The minimum Gasteiger partial charge on any atom is -0.550 e. The predicted octanol–water partition coefficient (Wildman–Crippen LogP) is 2.57. The molecule has 0 spiro atoms. The van der Waals surface area contributed by atoms with Crippen LogP contribution in [0.3, 0.4) is 0 Å². The second-order valence-electron chi connectivity index (χ2n) is 8.50. The zero-order chi connectivity index (χ0) is 20.7. The Morgan fingerprint density at radius 1 is 1.24 bits per heavy atom. The third kappa shape index (κ3) is 3.61. The molecule has 1 heterocycles. The Labute approximate surface area is 174 Å². The molecule has 0 radical (unpaired) electrons. The predicted molar refractivity (Wildman–Crippen MR) is 107 cm³/mol. The molecule has 1 amide bonds. The van der Waals surface area contributed by atoms with E-state index in [1.54, 1.807) is 0 Å². The zero-order valence-electron chi connectivity index (χ0n) is 16.7.